The van der Waals surface area contributed by atoms with Crippen molar-refractivity contribution >= 4 is 29.0 Å². The van der Waals surface area contributed by atoms with Gasteiger partial charge in [0.05, 0.1) is 18.7 Å². The average molecular weight is 356 g/mol. The van der Waals surface area contributed by atoms with Gasteiger partial charge in [-0.25, -0.2) is 4.79 Å². The van der Waals surface area contributed by atoms with E-state index in [9.17, 15) is 4.79 Å². The van der Waals surface area contributed by atoms with E-state index in [1.54, 1.807) is 6.07 Å². The Morgan fingerprint density at radius 3 is 2.52 bits per heavy atom. The Morgan fingerprint density at radius 2 is 1.88 bits per heavy atom. The van der Waals surface area contributed by atoms with Crippen molar-refractivity contribution in [3.8, 4) is 0 Å². The number of hydrogen-bond donors (Lipinski definition) is 2. The third-order valence-electron chi connectivity index (χ3n) is 4.26. The first-order chi connectivity index (χ1) is 12.0. The molecule has 2 aromatic rings. The molecule has 0 saturated carbocycles. The van der Waals surface area contributed by atoms with Gasteiger partial charge in [-0.3, -0.25) is 0 Å². The molecule has 25 heavy (non-hydrogen) atoms. The van der Waals surface area contributed by atoms with Crippen LogP contribution < -0.4 is 10.6 Å². The molecule has 2 N–H and O–H groups in total. The lowest BCUT2D eigenvalue weighted by Gasteiger charge is -2.22. The normalized spacial score (nSPS) is 11.5. The summed E-state index contributed by atoms with van der Waals surface area (Å²) in [7, 11) is 1.38. The molecular formula is C20H24N2O2S. The zero-order valence-electron chi connectivity index (χ0n) is 15.1. The Kier molecular flexibility index (Phi) is 6.53. The van der Waals surface area contributed by atoms with Crippen molar-refractivity contribution < 1.29 is 9.53 Å². The van der Waals surface area contributed by atoms with Crippen molar-refractivity contribution in [2.45, 2.75) is 33.2 Å². The molecule has 0 heterocycles. The number of benzene rings is 2. The SMILES string of the molecule is CC[C@@H](NC(=S)Nc1cccc(C(=O)OC)c1C)c1ccccc1C. The predicted molar refractivity (Wildman–Crippen MR) is 106 cm³/mol. The van der Waals surface area contributed by atoms with Gasteiger partial charge in [0.15, 0.2) is 5.11 Å². The monoisotopic (exact) mass is 356 g/mol. The number of esters is 1. The second-order valence-electron chi connectivity index (χ2n) is 5.89. The lowest BCUT2D eigenvalue weighted by Crippen LogP contribution is -2.32. The summed E-state index contributed by atoms with van der Waals surface area (Å²) >= 11 is 5.48. The van der Waals surface area contributed by atoms with E-state index in [0.29, 0.717) is 10.7 Å². The number of carbonyl (C=O) groups is 1. The second kappa shape index (κ2) is 8.62. The van der Waals surface area contributed by atoms with Crippen molar-refractivity contribution in [2.75, 3.05) is 12.4 Å². The van der Waals surface area contributed by atoms with Gasteiger partial charge < -0.3 is 15.4 Å². The fourth-order valence-electron chi connectivity index (χ4n) is 2.80. The van der Waals surface area contributed by atoms with Gasteiger partial charge in [0.2, 0.25) is 0 Å². The van der Waals surface area contributed by atoms with E-state index in [0.717, 1.165) is 17.7 Å². The first-order valence-electron chi connectivity index (χ1n) is 8.28. The molecular weight excluding hydrogens is 332 g/mol. The lowest BCUT2D eigenvalue weighted by molar-refractivity contribution is 0.0600. The van der Waals surface area contributed by atoms with Crippen molar-refractivity contribution in [3.05, 3.63) is 64.7 Å². The molecule has 132 valence electrons. The van der Waals surface area contributed by atoms with E-state index in [1.165, 1.54) is 18.2 Å². The van der Waals surface area contributed by atoms with E-state index in [4.69, 9.17) is 17.0 Å². The molecule has 0 fully saturated rings. The Balaban J connectivity index is 2.15. The van der Waals surface area contributed by atoms with Crippen molar-refractivity contribution in [2.24, 2.45) is 0 Å². The third-order valence-corrected chi connectivity index (χ3v) is 4.48. The Bertz CT molecular complexity index is 774. The number of nitrogens with one attached hydrogen (secondary N) is 2. The minimum atomic E-state index is -0.355. The molecule has 1 atom stereocenters. The fourth-order valence-corrected chi connectivity index (χ4v) is 3.05. The molecule has 5 heteroatoms. The molecule has 0 unspecified atom stereocenters. The highest BCUT2D eigenvalue weighted by atomic mass is 32.1. The quantitative estimate of drug-likeness (QED) is 0.609. The largest absolute Gasteiger partial charge is 0.465 e. The number of hydrogen-bond acceptors (Lipinski definition) is 3. The highest BCUT2D eigenvalue weighted by Crippen LogP contribution is 2.22. The lowest BCUT2D eigenvalue weighted by atomic mass is 9.99. The van der Waals surface area contributed by atoms with Crippen molar-refractivity contribution in [3.63, 3.8) is 0 Å². The van der Waals surface area contributed by atoms with Gasteiger partial charge in [-0.2, -0.15) is 0 Å². The molecule has 0 aromatic heterocycles. The van der Waals surface area contributed by atoms with Crippen LogP contribution in [0.3, 0.4) is 0 Å². The average Bonchev–Trinajstić information content (AvgIpc) is 2.61. The molecule has 0 aliphatic heterocycles. The standard InChI is InChI=1S/C20H24N2O2S/c1-5-17(15-10-7-6-9-13(15)2)21-20(25)22-18-12-8-11-16(14(18)3)19(23)24-4/h6-12,17H,5H2,1-4H3,(H2,21,22,25)/t17-/m1/s1. The maximum atomic E-state index is 11.8. The van der Waals surface area contributed by atoms with E-state index in [-0.39, 0.29) is 12.0 Å². The second-order valence-corrected chi connectivity index (χ2v) is 6.29. The number of ether oxygens (including phenoxy) is 1. The van der Waals surface area contributed by atoms with Crippen LogP contribution in [0.25, 0.3) is 0 Å². The smallest absolute Gasteiger partial charge is 0.338 e. The van der Waals surface area contributed by atoms with E-state index >= 15 is 0 Å². The molecule has 0 aliphatic rings. The van der Waals surface area contributed by atoms with Crippen LogP contribution in [0.15, 0.2) is 42.5 Å². The van der Waals surface area contributed by atoms with Gasteiger partial charge in [-0.15, -0.1) is 0 Å². The zero-order chi connectivity index (χ0) is 18.4. The van der Waals surface area contributed by atoms with Crippen LogP contribution in [0.1, 0.15) is 46.4 Å². The summed E-state index contributed by atoms with van der Waals surface area (Å²) in [4.78, 5) is 11.8. The molecule has 0 bridgehead atoms. The summed E-state index contributed by atoms with van der Waals surface area (Å²) in [6.45, 7) is 6.09. The van der Waals surface area contributed by atoms with Crippen molar-refractivity contribution in [1.82, 2.24) is 5.32 Å². The van der Waals surface area contributed by atoms with Gasteiger partial charge in [-0.1, -0.05) is 37.3 Å². The van der Waals surface area contributed by atoms with Gasteiger partial charge in [-0.05, 0) is 61.3 Å². The molecule has 4 nitrogen and oxygen atoms in total. The van der Waals surface area contributed by atoms with Crippen molar-refractivity contribution in [1.29, 1.82) is 0 Å². The van der Waals surface area contributed by atoms with Crippen LogP contribution in [0.4, 0.5) is 5.69 Å². The van der Waals surface area contributed by atoms with E-state index < -0.39 is 0 Å². The number of aryl methyl sites for hydroxylation is 1. The Labute approximate surface area is 154 Å². The summed E-state index contributed by atoms with van der Waals surface area (Å²) in [6.07, 6.45) is 0.911. The molecule has 0 amide bonds. The summed E-state index contributed by atoms with van der Waals surface area (Å²) in [6, 6.07) is 13.8. The minimum Gasteiger partial charge on any atom is -0.465 e. The van der Waals surface area contributed by atoms with Crippen LogP contribution in [-0.4, -0.2) is 18.2 Å². The zero-order valence-corrected chi connectivity index (χ0v) is 15.9. The van der Waals surface area contributed by atoms with Crippen LogP contribution in [-0.2, 0) is 4.74 Å². The molecule has 0 spiro atoms. The summed E-state index contributed by atoms with van der Waals surface area (Å²) in [5.41, 5.74) is 4.59. The fraction of sp³-hybridized carbons (Fsp3) is 0.300. The van der Waals surface area contributed by atoms with Crippen LogP contribution in [0.2, 0.25) is 0 Å². The van der Waals surface area contributed by atoms with Crippen LogP contribution in [0, 0.1) is 13.8 Å². The number of methoxy groups -OCH3 is 1. The van der Waals surface area contributed by atoms with Gasteiger partial charge in [0, 0.05) is 5.69 Å². The number of rotatable bonds is 5. The summed E-state index contributed by atoms with van der Waals surface area (Å²) < 4.78 is 4.81. The minimum absolute atomic E-state index is 0.130. The maximum Gasteiger partial charge on any atom is 0.338 e. The molecule has 0 saturated heterocycles. The topological polar surface area (TPSA) is 50.4 Å². The number of carbonyl (C=O) groups excluding carboxylic acids is 1. The summed E-state index contributed by atoms with van der Waals surface area (Å²) in [5.74, 6) is -0.355. The third kappa shape index (κ3) is 4.57. The van der Waals surface area contributed by atoms with Gasteiger partial charge in [0.25, 0.3) is 0 Å². The predicted octanol–water partition coefficient (Wildman–Crippen LogP) is 4.53. The number of anilines is 1. The molecule has 2 aromatic carbocycles. The Morgan fingerprint density at radius 1 is 1.16 bits per heavy atom. The highest BCUT2D eigenvalue weighted by Gasteiger charge is 2.15. The molecule has 0 aliphatic carbocycles. The van der Waals surface area contributed by atoms with E-state index in [2.05, 4.69) is 36.6 Å². The van der Waals surface area contributed by atoms with Crippen LogP contribution >= 0.6 is 12.2 Å². The van der Waals surface area contributed by atoms with E-state index in [1.807, 2.05) is 31.2 Å². The van der Waals surface area contributed by atoms with Crippen LogP contribution in [0.5, 0.6) is 0 Å². The number of thiocarbonyl (C=S) groups is 1. The Hall–Kier alpha value is -2.40. The van der Waals surface area contributed by atoms with Gasteiger partial charge >= 0.3 is 5.97 Å². The first-order valence-corrected chi connectivity index (χ1v) is 8.69. The summed E-state index contributed by atoms with van der Waals surface area (Å²) in [5, 5.41) is 7.09. The maximum absolute atomic E-state index is 11.8. The van der Waals surface area contributed by atoms with Gasteiger partial charge in [0.1, 0.15) is 0 Å². The molecule has 0 radical (unpaired) electrons. The highest BCUT2D eigenvalue weighted by molar-refractivity contribution is 7.80. The molecule has 2 rings (SSSR count). The first kappa shape index (κ1) is 18.9.